The average Bonchev–Trinajstić information content (AvgIpc) is 2.17. The van der Waals surface area contributed by atoms with Gasteiger partial charge in [-0.25, -0.2) is 0 Å². The van der Waals surface area contributed by atoms with E-state index in [1.807, 2.05) is 13.8 Å². The number of ether oxygens (including phenoxy) is 1. The zero-order valence-electron chi connectivity index (χ0n) is 10.0. The van der Waals surface area contributed by atoms with E-state index in [9.17, 15) is 4.79 Å². The smallest absolute Gasteiger partial charge is 0.222 e. The zero-order chi connectivity index (χ0) is 11.7. The van der Waals surface area contributed by atoms with E-state index in [0.717, 1.165) is 19.3 Å². The maximum absolute atomic E-state index is 11.4. The van der Waals surface area contributed by atoms with Crippen molar-refractivity contribution >= 4 is 5.91 Å². The summed E-state index contributed by atoms with van der Waals surface area (Å²) in [5.74, 6) is 0.0193. The van der Waals surface area contributed by atoms with Crippen LogP contribution in [0.3, 0.4) is 0 Å². The summed E-state index contributed by atoms with van der Waals surface area (Å²) in [6, 6.07) is 0. The molecule has 0 aliphatic rings. The molecule has 0 heterocycles. The highest BCUT2D eigenvalue weighted by Crippen LogP contribution is 2.12. The number of hydrogen-bond acceptors (Lipinski definition) is 3. The van der Waals surface area contributed by atoms with Crippen molar-refractivity contribution in [3.05, 3.63) is 0 Å². The van der Waals surface area contributed by atoms with Crippen molar-refractivity contribution in [3.63, 3.8) is 0 Å². The lowest BCUT2D eigenvalue weighted by molar-refractivity contribution is -0.126. The molecule has 4 heteroatoms. The maximum Gasteiger partial charge on any atom is 0.222 e. The monoisotopic (exact) mass is 217 g/mol. The Morgan fingerprint density at radius 3 is 2.53 bits per heavy atom. The van der Waals surface area contributed by atoms with Crippen LogP contribution >= 0.6 is 0 Å². The van der Waals surface area contributed by atoms with Gasteiger partial charge in [-0.2, -0.15) is 0 Å². The fourth-order valence-corrected chi connectivity index (χ4v) is 1.16. The zero-order valence-corrected chi connectivity index (χ0v) is 10.0. The van der Waals surface area contributed by atoms with Crippen LogP contribution in [-0.4, -0.2) is 36.9 Å². The first-order chi connectivity index (χ1) is 7.02. The van der Waals surface area contributed by atoms with Gasteiger partial charge < -0.3 is 15.2 Å². The van der Waals surface area contributed by atoms with Gasteiger partial charge in [0, 0.05) is 20.3 Å². The summed E-state index contributed by atoms with van der Waals surface area (Å²) < 4.78 is 5.16. The summed E-state index contributed by atoms with van der Waals surface area (Å²) in [5, 5.41) is 11.4. The molecule has 0 bridgehead atoms. The standard InChI is InChI=1S/C11H23NO3/c1-11(2,15-3)9-10(14)12-7-5-4-6-8-13/h13H,4-9H2,1-3H3,(H,12,14). The number of hydrogen-bond donors (Lipinski definition) is 2. The maximum atomic E-state index is 11.4. The number of carbonyl (C=O) groups is 1. The lowest BCUT2D eigenvalue weighted by Gasteiger charge is -2.21. The molecule has 90 valence electrons. The molecule has 0 aliphatic heterocycles. The van der Waals surface area contributed by atoms with Crippen LogP contribution in [0.4, 0.5) is 0 Å². The van der Waals surface area contributed by atoms with Gasteiger partial charge in [0.2, 0.25) is 5.91 Å². The van der Waals surface area contributed by atoms with Gasteiger partial charge in [0.25, 0.3) is 0 Å². The minimum absolute atomic E-state index is 0.0193. The Morgan fingerprint density at radius 1 is 1.33 bits per heavy atom. The summed E-state index contributed by atoms with van der Waals surface area (Å²) in [5.41, 5.74) is -0.394. The fraction of sp³-hybridized carbons (Fsp3) is 0.909. The van der Waals surface area contributed by atoms with Crippen molar-refractivity contribution < 1.29 is 14.6 Å². The molecule has 4 nitrogen and oxygen atoms in total. The minimum Gasteiger partial charge on any atom is -0.396 e. The third-order valence-electron chi connectivity index (χ3n) is 2.30. The highest BCUT2D eigenvalue weighted by molar-refractivity contribution is 5.76. The van der Waals surface area contributed by atoms with Crippen LogP contribution in [0.5, 0.6) is 0 Å². The van der Waals surface area contributed by atoms with Gasteiger partial charge in [-0.3, -0.25) is 4.79 Å². The normalized spacial score (nSPS) is 11.5. The van der Waals surface area contributed by atoms with Gasteiger partial charge in [-0.05, 0) is 33.1 Å². The van der Waals surface area contributed by atoms with Crippen molar-refractivity contribution in [2.24, 2.45) is 0 Å². The van der Waals surface area contributed by atoms with Crippen LogP contribution in [0.2, 0.25) is 0 Å². The van der Waals surface area contributed by atoms with Gasteiger partial charge in [-0.15, -0.1) is 0 Å². The molecule has 0 saturated carbocycles. The predicted octanol–water partition coefficient (Wildman–Crippen LogP) is 1.08. The van der Waals surface area contributed by atoms with Gasteiger partial charge in [-0.1, -0.05) is 0 Å². The fourth-order valence-electron chi connectivity index (χ4n) is 1.16. The summed E-state index contributed by atoms with van der Waals surface area (Å²) in [4.78, 5) is 11.4. The molecule has 0 rings (SSSR count). The molecule has 0 aliphatic carbocycles. The molecule has 0 aromatic rings. The van der Waals surface area contributed by atoms with E-state index >= 15 is 0 Å². The lowest BCUT2D eigenvalue weighted by Crippen LogP contribution is -2.34. The van der Waals surface area contributed by atoms with E-state index in [-0.39, 0.29) is 12.5 Å². The number of amides is 1. The van der Waals surface area contributed by atoms with Crippen molar-refractivity contribution in [1.82, 2.24) is 5.32 Å². The van der Waals surface area contributed by atoms with Gasteiger partial charge in [0.15, 0.2) is 0 Å². The lowest BCUT2D eigenvalue weighted by atomic mass is 10.0. The van der Waals surface area contributed by atoms with E-state index in [1.165, 1.54) is 0 Å². The number of aliphatic hydroxyl groups is 1. The second-order valence-electron chi connectivity index (χ2n) is 4.27. The molecule has 0 fully saturated rings. The van der Waals surface area contributed by atoms with Crippen molar-refractivity contribution in [2.75, 3.05) is 20.3 Å². The molecule has 1 amide bonds. The Hall–Kier alpha value is -0.610. The van der Waals surface area contributed by atoms with Crippen LogP contribution in [-0.2, 0) is 9.53 Å². The van der Waals surface area contributed by atoms with Crippen LogP contribution < -0.4 is 5.32 Å². The third-order valence-corrected chi connectivity index (χ3v) is 2.30. The molecule has 0 unspecified atom stereocenters. The van der Waals surface area contributed by atoms with E-state index in [2.05, 4.69) is 5.32 Å². The van der Waals surface area contributed by atoms with E-state index in [4.69, 9.17) is 9.84 Å². The Morgan fingerprint density at radius 2 is 2.00 bits per heavy atom. The number of rotatable bonds is 8. The van der Waals surface area contributed by atoms with Gasteiger partial charge in [0.1, 0.15) is 0 Å². The number of methoxy groups -OCH3 is 1. The van der Waals surface area contributed by atoms with E-state index < -0.39 is 5.60 Å². The average molecular weight is 217 g/mol. The topological polar surface area (TPSA) is 58.6 Å². The van der Waals surface area contributed by atoms with Gasteiger partial charge in [0.05, 0.1) is 12.0 Å². The first-order valence-electron chi connectivity index (χ1n) is 5.44. The molecule has 0 radical (unpaired) electrons. The largest absolute Gasteiger partial charge is 0.396 e. The molecule has 0 atom stereocenters. The highest BCUT2D eigenvalue weighted by Gasteiger charge is 2.20. The van der Waals surface area contributed by atoms with Crippen molar-refractivity contribution in [1.29, 1.82) is 0 Å². The number of unbranched alkanes of at least 4 members (excludes halogenated alkanes) is 2. The molecule has 2 N–H and O–H groups in total. The van der Waals surface area contributed by atoms with E-state index in [1.54, 1.807) is 7.11 Å². The SMILES string of the molecule is COC(C)(C)CC(=O)NCCCCCO. The molecular formula is C11H23NO3. The quantitative estimate of drug-likeness (QED) is 0.598. The van der Waals surface area contributed by atoms with Crippen LogP contribution in [0.15, 0.2) is 0 Å². The molecule has 0 saturated heterocycles. The van der Waals surface area contributed by atoms with Crippen LogP contribution in [0.25, 0.3) is 0 Å². The van der Waals surface area contributed by atoms with Crippen LogP contribution in [0, 0.1) is 0 Å². The molecular weight excluding hydrogens is 194 g/mol. The number of nitrogens with one attached hydrogen (secondary N) is 1. The first kappa shape index (κ1) is 14.4. The second-order valence-corrected chi connectivity index (χ2v) is 4.27. The number of carbonyl (C=O) groups excluding carboxylic acids is 1. The summed E-state index contributed by atoms with van der Waals surface area (Å²) in [6.07, 6.45) is 3.05. The highest BCUT2D eigenvalue weighted by atomic mass is 16.5. The first-order valence-corrected chi connectivity index (χ1v) is 5.44. The molecule has 0 aromatic carbocycles. The summed E-state index contributed by atoms with van der Waals surface area (Å²) in [7, 11) is 1.61. The Labute approximate surface area is 92.0 Å². The van der Waals surface area contributed by atoms with Crippen molar-refractivity contribution in [3.8, 4) is 0 Å². The van der Waals surface area contributed by atoms with Crippen molar-refractivity contribution in [2.45, 2.75) is 45.1 Å². The Balaban J connectivity index is 3.49. The van der Waals surface area contributed by atoms with Crippen LogP contribution in [0.1, 0.15) is 39.5 Å². The molecule has 0 aromatic heterocycles. The minimum atomic E-state index is -0.394. The predicted molar refractivity (Wildman–Crippen MR) is 59.7 cm³/mol. The second kappa shape index (κ2) is 7.65. The number of aliphatic hydroxyl groups excluding tert-OH is 1. The summed E-state index contributed by atoms with van der Waals surface area (Å²) in [6.45, 7) is 4.68. The van der Waals surface area contributed by atoms with E-state index in [0.29, 0.717) is 13.0 Å². The summed E-state index contributed by atoms with van der Waals surface area (Å²) >= 11 is 0. The molecule has 0 spiro atoms. The third kappa shape index (κ3) is 8.39. The Kier molecular flexibility index (Phi) is 7.34. The van der Waals surface area contributed by atoms with Gasteiger partial charge >= 0.3 is 0 Å². The Bertz CT molecular complexity index is 181. The molecule has 15 heavy (non-hydrogen) atoms.